The summed E-state index contributed by atoms with van der Waals surface area (Å²) in [7, 11) is 0. The second-order valence-electron chi connectivity index (χ2n) is 11.3. The molecule has 2 heterocycles. The van der Waals surface area contributed by atoms with Crippen LogP contribution in [0, 0.1) is 0 Å². The summed E-state index contributed by atoms with van der Waals surface area (Å²) in [6.07, 6.45) is 0. The lowest BCUT2D eigenvalue weighted by molar-refractivity contribution is 0.953. The largest absolute Gasteiger partial charge is 0.278 e. The van der Waals surface area contributed by atoms with Gasteiger partial charge in [0.2, 0.25) is 5.95 Å². The third-order valence-corrected chi connectivity index (χ3v) is 8.64. The van der Waals surface area contributed by atoms with Crippen LogP contribution in [0.5, 0.6) is 0 Å². The van der Waals surface area contributed by atoms with Gasteiger partial charge in [-0.05, 0) is 50.9 Å². The lowest BCUT2D eigenvalue weighted by Crippen LogP contribution is -2.06. The Morgan fingerprint density at radius 3 is 1.73 bits per heavy atom. The number of hydrogen-bond acceptors (Lipinski definition) is 3. The van der Waals surface area contributed by atoms with E-state index < -0.39 is 0 Å². The summed E-state index contributed by atoms with van der Waals surface area (Å²) in [5.41, 5.74) is 6.34. The van der Waals surface area contributed by atoms with Crippen LogP contribution in [0.4, 0.5) is 0 Å². The summed E-state index contributed by atoms with van der Waals surface area (Å²) in [5.74, 6) is 1.87. The van der Waals surface area contributed by atoms with Crippen molar-refractivity contribution in [1.82, 2.24) is 19.5 Å². The van der Waals surface area contributed by atoms with Crippen LogP contribution in [0.2, 0.25) is 0 Å². The van der Waals surface area contributed by atoms with Gasteiger partial charge in [0.05, 0.1) is 11.0 Å². The molecular weight excluding hydrogens is 548 g/mol. The van der Waals surface area contributed by atoms with Crippen LogP contribution >= 0.6 is 0 Å². The zero-order valence-corrected chi connectivity index (χ0v) is 24.3. The van der Waals surface area contributed by atoms with Crippen molar-refractivity contribution >= 4 is 43.4 Å². The molecule has 0 aliphatic carbocycles. The van der Waals surface area contributed by atoms with Crippen LogP contribution in [0.15, 0.2) is 158 Å². The second-order valence-corrected chi connectivity index (χ2v) is 11.3. The van der Waals surface area contributed by atoms with Crippen molar-refractivity contribution in [2.24, 2.45) is 0 Å². The number of fused-ring (bicyclic) bond motifs is 6. The first-order valence-corrected chi connectivity index (χ1v) is 15.1. The summed E-state index contributed by atoms with van der Waals surface area (Å²) in [6, 6.07) is 55.1. The molecule has 0 atom stereocenters. The average Bonchev–Trinajstić information content (AvgIpc) is 3.47. The Labute approximate surface area is 259 Å². The molecule has 0 saturated heterocycles. The second kappa shape index (κ2) is 10.2. The topological polar surface area (TPSA) is 43.6 Å². The summed E-state index contributed by atoms with van der Waals surface area (Å²) >= 11 is 0. The molecule has 0 N–H and O–H groups in total. The van der Waals surface area contributed by atoms with Crippen molar-refractivity contribution in [2.45, 2.75) is 0 Å². The van der Waals surface area contributed by atoms with Crippen LogP contribution in [-0.2, 0) is 0 Å². The Balaban J connectivity index is 1.24. The van der Waals surface area contributed by atoms with E-state index >= 15 is 0 Å². The minimum Gasteiger partial charge on any atom is -0.278 e. The maximum Gasteiger partial charge on any atom is 0.238 e. The highest BCUT2D eigenvalue weighted by Gasteiger charge is 2.19. The molecule has 4 heteroatoms. The third kappa shape index (κ3) is 4.27. The summed E-state index contributed by atoms with van der Waals surface area (Å²) < 4.78 is 2.18. The minimum absolute atomic E-state index is 0.596. The summed E-state index contributed by atoms with van der Waals surface area (Å²) in [6.45, 7) is 0. The Bertz CT molecular complexity index is 2530. The molecule has 0 fully saturated rings. The van der Waals surface area contributed by atoms with E-state index in [0.717, 1.165) is 27.7 Å². The smallest absolute Gasteiger partial charge is 0.238 e. The maximum absolute atomic E-state index is 5.14. The third-order valence-electron chi connectivity index (χ3n) is 8.64. The van der Waals surface area contributed by atoms with Crippen molar-refractivity contribution in [1.29, 1.82) is 0 Å². The Kier molecular flexibility index (Phi) is 5.78. The molecule has 7 aromatic carbocycles. The Morgan fingerprint density at radius 1 is 0.356 bits per heavy atom. The summed E-state index contributed by atoms with van der Waals surface area (Å²) in [4.78, 5) is 15.2. The van der Waals surface area contributed by atoms with Gasteiger partial charge in [0.15, 0.2) is 11.6 Å². The fourth-order valence-electron chi connectivity index (χ4n) is 6.45. The molecule has 210 valence electrons. The molecule has 0 aliphatic heterocycles. The van der Waals surface area contributed by atoms with E-state index in [1.807, 2.05) is 30.3 Å². The molecule has 9 rings (SSSR count). The number of rotatable bonds is 4. The van der Waals surface area contributed by atoms with Crippen LogP contribution in [0.25, 0.3) is 83.2 Å². The monoisotopic (exact) mass is 574 g/mol. The van der Waals surface area contributed by atoms with E-state index in [2.05, 4.69) is 132 Å². The summed E-state index contributed by atoms with van der Waals surface area (Å²) in [5, 5.41) is 7.26. The van der Waals surface area contributed by atoms with Gasteiger partial charge in [-0.15, -0.1) is 0 Å². The highest BCUT2D eigenvalue weighted by molar-refractivity contribution is 6.21. The van der Waals surface area contributed by atoms with Gasteiger partial charge in [-0.2, -0.15) is 9.97 Å². The Hall–Kier alpha value is -6.13. The minimum atomic E-state index is 0.596. The van der Waals surface area contributed by atoms with Crippen LogP contribution in [0.3, 0.4) is 0 Å². The van der Waals surface area contributed by atoms with Crippen LogP contribution in [0.1, 0.15) is 0 Å². The molecule has 0 unspecified atom stereocenters. The van der Waals surface area contributed by atoms with Gasteiger partial charge in [-0.3, -0.25) is 4.57 Å². The fraction of sp³-hybridized carbons (Fsp3) is 0. The fourth-order valence-corrected chi connectivity index (χ4v) is 6.45. The zero-order chi connectivity index (χ0) is 29.7. The zero-order valence-electron chi connectivity index (χ0n) is 24.3. The highest BCUT2D eigenvalue weighted by Crippen LogP contribution is 2.37. The number of benzene rings is 7. The average molecular weight is 575 g/mol. The van der Waals surface area contributed by atoms with Gasteiger partial charge < -0.3 is 0 Å². The lowest BCUT2D eigenvalue weighted by Gasteiger charge is -2.11. The van der Waals surface area contributed by atoms with Gasteiger partial charge in [-0.1, -0.05) is 140 Å². The maximum atomic E-state index is 5.14. The van der Waals surface area contributed by atoms with Gasteiger partial charge in [0.25, 0.3) is 0 Å². The van der Waals surface area contributed by atoms with Crippen molar-refractivity contribution in [3.05, 3.63) is 158 Å². The van der Waals surface area contributed by atoms with E-state index in [0.29, 0.717) is 17.6 Å². The molecule has 9 aromatic rings. The highest BCUT2D eigenvalue weighted by atomic mass is 15.2. The van der Waals surface area contributed by atoms with Gasteiger partial charge in [0, 0.05) is 21.9 Å². The molecule has 0 spiro atoms. The number of para-hydroxylation sites is 1. The molecule has 2 aromatic heterocycles. The van der Waals surface area contributed by atoms with Crippen LogP contribution in [-0.4, -0.2) is 19.5 Å². The van der Waals surface area contributed by atoms with E-state index in [1.54, 1.807) is 0 Å². The standard InChI is InChI=1S/C41H26N4/c1-2-12-30(13-3-1)39-42-40(31-21-18-28(19-22-31)33-23-20-27-10-4-5-14-32(27)26-33)44-41(43-39)45-36-17-9-8-16-35(36)38-34-15-7-6-11-29(34)24-25-37(38)45/h1-26H. The molecule has 45 heavy (non-hydrogen) atoms. The predicted octanol–water partition coefficient (Wildman–Crippen LogP) is 10.3. The lowest BCUT2D eigenvalue weighted by atomic mass is 10.0. The molecule has 4 nitrogen and oxygen atoms in total. The van der Waals surface area contributed by atoms with Crippen molar-refractivity contribution in [3.63, 3.8) is 0 Å². The number of hydrogen-bond donors (Lipinski definition) is 0. The molecule has 0 bridgehead atoms. The van der Waals surface area contributed by atoms with E-state index in [9.17, 15) is 0 Å². The first-order valence-electron chi connectivity index (χ1n) is 15.1. The first-order chi connectivity index (χ1) is 22.3. The molecule has 0 amide bonds. The number of aromatic nitrogens is 4. The molecule has 0 aliphatic rings. The quantitative estimate of drug-likeness (QED) is 0.210. The van der Waals surface area contributed by atoms with E-state index in [1.165, 1.54) is 37.9 Å². The number of nitrogens with zero attached hydrogens (tertiary/aromatic N) is 4. The SMILES string of the molecule is c1ccc(-c2nc(-c3ccc(-c4ccc5ccccc5c4)cc3)nc(-n3c4ccccc4c4c5ccccc5ccc43)n2)cc1. The van der Waals surface area contributed by atoms with Crippen molar-refractivity contribution in [3.8, 4) is 39.9 Å². The van der Waals surface area contributed by atoms with Crippen LogP contribution < -0.4 is 0 Å². The van der Waals surface area contributed by atoms with Gasteiger partial charge in [-0.25, -0.2) is 4.98 Å². The molecule has 0 saturated carbocycles. The van der Waals surface area contributed by atoms with Gasteiger partial charge >= 0.3 is 0 Å². The Morgan fingerprint density at radius 2 is 0.933 bits per heavy atom. The predicted molar refractivity (Wildman–Crippen MR) is 185 cm³/mol. The van der Waals surface area contributed by atoms with Gasteiger partial charge in [0.1, 0.15) is 0 Å². The molecule has 0 radical (unpaired) electrons. The normalized spacial score (nSPS) is 11.6. The van der Waals surface area contributed by atoms with Crippen molar-refractivity contribution in [2.75, 3.05) is 0 Å². The molecular formula is C41H26N4. The first kappa shape index (κ1) is 25.4. The van der Waals surface area contributed by atoms with Crippen molar-refractivity contribution < 1.29 is 0 Å². The van der Waals surface area contributed by atoms with E-state index in [-0.39, 0.29) is 0 Å². The van der Waals surface area contributed by atoms with E-state index in [4.69, 9.17) is 15.0 Å².